The molecule has 0 aromatic rings. The van der Waals surface area contributed by atoms with Gasteiger partial charge in [0.25, 0.3) is 0 Å². The third-order valence-corrected chi connectivity index (χ3v) is 4.64. The van der Waals surface area contributed by atoms with Crippen molar-refractivity contribution in [2.45, 2.75) is 37.9 Å². The van der Waals surface area contributed by atoms with Gasteiger partial charge in [-0.25, -0.2) is 13.1 Å². The average Bonchev–Trinajstić information content (AvgIpc) is 2.42. The largest absolute Gasteiger partial charge is 0.494 e. The molecule has 0 aliphatic heterocycles. The van der Waals surface area contributed by atoms with Crippen molar-refractivity contribution in [1.29, 1.82) is 0 Å². The molecule has 0 radical (unpaired) electrons. The van der Waals surface area contributed by atoms with Gasteiger partial charge >= 0.3 is 0 Å². The maximum atomic E-state index is 11.9. The predicted molar refractivity (Wildman–Crippen MR) is 77.1 cm³/mol. The Kier molecular flexibility index (Phi) is 7.12. The van der Waals surface area contributed by atoms with Crippen LogP contribution in [0.4, 0.5) is 0 Å². The van der Waals surface area contributed by atoms with Gasteiger partial charge in [-0.05, 0) is 25.0 Å². The number of allylic oxidation sites excluding steroid dienone is 2. The molecule has 1 rings (SSSR count). The van der Waals surface area contributed by atoms with Crippen molar-refractivity contribution >= 4 is 10.0 Å². The second kappa shape index (κ2) is 8.35. The summed E-state index contributed by atoms with van der Waals surface area (Å²) in [5.74, 6) is 0.765. The minimum atomic E-state index is -3.31. The van der Waals surface area contributed by atoms with Gasteiger partial charge in [0.1, 0.15) is 5.76 Å². The molecule has 0 saturated heterocycles. The van der Waals surface area contributed by atoms with E-state index in [1.54, 1.807) is 12.2 Å². The van der Waals surface area contributed by atoms with Crippen LogP contribution < -0.4 is 10.5 Å². The van der Waals surface area contributed by atoms with Crippen LogP contribution in [0.25, 0.3) is 0 Å². The van der Waals surface area contributed by atoms with Crippen LogP contribution in [-0.2, 0) is 14.8 Å². The van der Waals surface area contributed by atoms with Gasteiger partial charge in [-0.15, -0.1) is 0 Å². The Bertz CT molecular complexity index is 416. The molecule has 19 heavy (non-hydrogen) atoms. The number of hydrogen-bond donors (Lipinski definition) is 2. The van der Waals surface area contributed by atoms with Crippen molar-refractivity contribution in [3.63, 3.8) is 0 Å². The number of ether oxygens (including phenoxy) is 1. The van der Waals surface area contributed by atoms with Gasteiger partial charge in [0.15, 0.2) is 0 Å². The minimum absolute atomic E-state index is 0.275. The van der Waals surface area contributed by atoms with Gasteiger partial charge in [0.2, 0.25) is 10.0 Å². The SMILES string of the molecule is CCCCCOC1=CCC(S(=O)(=O)NCCN)C=C1. The second-order valence-electron chi connectivity index (χ2n) is 4.52. The molecule has 0 heterocycles. The fraction of sp³-hybridized carbons (Fsp3) is 0.692. The number of nitrogens with one attached hydrogen (secondary N) is 1. The quantitative estimate of drug-likeness (QED) is 0.626. The van der Waals surface area contributed by atoms with E-state index in [1.165, 1.54) is 0 Å². The van der Waals surface area contributed by atoms with Gasteiger partial charge in [-0.2, -0.15) is 0 Å². The fourth-order valence-corrected chi connectivity index (χ4v) is 3.02. The summed E-state index contributed by atoms with van der Waals surface area (Å²) < 4.78 is 31.8. The van der Waals surface area contributed by atoms with Crippen LogP contribution in [0, 0.1) is 0 Å². The summed E-state index contributed by atoms with van der Waals surface area (Å²) in [6.07, 6.45) is 9.03. The van der Waals surface area contributed by atoms with Gasteiger partial charge in [0, 0.05) is 13.1 Å². The van der Waals surface area contributed by atoms with Gasteiger partial charge in [-0.1, -0.05) is 25.8 Å². The highest BCUT2D eigenvalue weighted by Gasteiger charge is 2.23. The molecule has 3 N–H and O–H groups in total. The first-order valence-corrected chi connectivity index (χ1v) is 8.34. The molecule has 1 aliphatic carbocycles. The molecule has 110 valence electrons. The van der Waals surface area contributed by atoms with Gasteiger partial charge in [-0.3, -0.25) is 0 Å². The topological polar surface area (TPSA) is 81.4 Å². The molecule has 0 amide bonds. The summed E-state index contributed by atoms with van der Waals surface area (Å²) >= 11 is 0. The molecular formula is C13H24N2O3S. The summed E-state index contributed by atoms with van der Waals surface area (Å²) in [5.41, 5.74) is 5.29. The second-order valence-corrected chi connectivity index (χ2v) is 6.51. The van der Waals surface area contributed by atoms with Crippen molar-refractivity contribution in [2.75, 3.05) is 19.7 Å². The molecule has 0 aromatic heterocycles. The third-order valence-electron chi connectivity index (χ3n) is 2.89. The molecule has 0 bridgehead atoms. The van der Waals surface area contributed by atoms with Crippen LogP contribution >= 0.6 is 0 Å². The Balaban J connectivity index is 2.39. The van der Waals surface area contributed by atoms with Crippen LogP contribution in [0.15, 0.2) is 24.0 Å². The molecule has 5 nitrogen and oxygen atoms in total. The number of sulfonamides is 1. The standard InChI is InChI=1S/C13H24N2O3S/c1-2-3-4-11-18-12-5-7-13(8-6-12)19(16,17)15-10-9-14/h5-7,13,15H,2-4,8-11,14H2,1H3. The molecule has 0 saturated carbocycles. The van der Waals surface area contributed by atoms with E-state index in [0.717, 1.165) is 25.0 Å². The lowest BCUT2D eigenvalue weighted by Gasteiger charge is -2.17. The van der Waals surface area contributed by atoms with Crippen LogP contribution in [-0.4, -0.2) is 33.4 Å². The maximum absolute atomic E-state index is 11.9. The normalized spacial score (nSPS) is 19.3. The van der Waals surface area contributed by atoms with E-state index in [0.29, 0.717) is 19.6 Å². The molecule has 1 unspecified atom stereocenters. The van der Waals surface area contributed by atoms with E-state index in [2.05, 4.69) is 11.6 Å². The Morgan fingerprint density at radius 3 is 2.84 bits per heavy atom. The lowest BCUT2D eigenvalue weighted by atomic mass is 10.2. The highest BCUT2D eigenvalue weighted by Crippen LogP contribution is 2.17. The molecule has 1 atom stereocenters. The molecule has 0 aromatic carbocycles. The van der Waals surface area contributed by atoms with E-state index >= 15 is 0 Å². The zero-order chi connectivity index (χ0) is 14.1. The van der Waals surface area contributed by atoms with Crippen molar-refractivity contribution in [3.8, 4) is 0 Å². The highest BCUT2D eigenvalue weighted by atomic mass is 32.2. The summed E-state index contributed by atoms with van der Waals surface area (Å²) in [6.45, 7) is 3.41. The Labute approximate surface area is 115 Å². The Morgan fingerprint density at radius 2 is 2.26 bits per heavy atom. The number of unbranched alkanes of at least 4 members (excludes halogenated alkanes) is 2. The monoisotopic (exact) mass is 288 g/mol. The lowest BCUT2D eigenvalue weighted by Crippen LogP contribution is -2.36. The molecular weight excluding hydrogens is 264 g/mol. The lowest BCUT2D eigenvalue weighted by molar-refractivity contribution is 0.215. The fourth-order valence-electron chi connectivity index (χ4n) is 1.77. The average molecular weight is 288 g/mol. The van der Waals surface area contributed by atoms with Crippen molar-refractivity contribution in [2.24, 2.45) is 5.73 Å². The number of nitrogens with two attached hydrogens (primary N) is 1. The van der Waals surface area contributed by atoms with Crippen LogP contribution in [0.5, 0.6) is 0 Å². The zero-order valence-corrected chi connectivity index (χ0v) is 12.3. The van der Waals surface area contributed by atoms with E-state index in [9.17, 15) is 8.42 Å². The van der Waals surface area contributed by atoms with E-state index in [4.69, 9.17) is 10.5 Å². The molecule has 0 spiro atoms. The first kappa shape index (κ1) is 16.2. The molecule has 6 heteroatoms. The first-order chi connectivity index (χ1) is 9.10. The first-order valence-electron chi connectivity index (χ1n) is 6.80. The number of hydrogen-bond acceptors (Lipinski definition) is 4. The van der Waals surface area contributed by atoms with Crippen LogP contribution in [0.3, 0.4) is 0 Å². The van der Waals surface area contributed by atoms with Crippen molar-refractivity contribution in [1.82, 2.24) is 4.72 Å². The molecule has 1 aliphatic rings. The summed E-state index contributed by atoms with van der Waals surface area (Å²) in [7, 11) is -3.31. The van der Waals surface area contributed by atoms with Crippen molar-refractivity contribution < 1.29 is 13.2 Å². The summed E-state index contributed by atoms with van der Waals surface area (Å²) in [5, 5.41) is -0.526. The smallest absolute Gasteiger partial charge is 0.218 e. The van der Waals surface area contributed by atoms with Crippen molar-refractivity contribution in [3.05, 3.63) is 24.0 Å². The highest BCUT2D eigenvalue weighted by molar-refractivity contribution is 7.90. The zero-order valence-electron chi connectivity index (χ0n) is 11.5. The minimum Gasteiger partial charge on any atom is -0.494 e. The van der Waals surface area contributed by atoms with Gasteiger partial charge < -0.3 is 10.5 Å². The predicted octanol–water partition coefficient (Wildman–Crippen LogP) is 1.28. The van der Waals surface area contributed by atoms with E-state index in [1.807, 2.05) is 6.08 Å². The van der Waals surface area contributed by atoms with Gasteiger partial charge in [0.05, 0.1) is 11.9 Å². The van der Waals surface area contributed by atoms with E-state index < -0.39 is 15.3 Å². The third kappa shape index (κ3) is 5.76. The van der Waals surface area contributed by atoms with Crippen LogP contribution in [0.1, 0.15) is 32.6 Å². The number of rotatable bonds is 9. The van der Waals surface area contributed by atoms with E-state index in [-0.39, 0.29) is 6.54 Å². The Morgan fingerprint density at radius 1 is 1.47 bits per heavy atom. The maximum Gasteiger partial charge on any atom is 0.218 e. The van der Waals surface area contributed by atoms with Crippen LogP contribution in [0.2, 0.25) is 0 Å². The Hall–Kier alpha value is -0.850. The summed E-state index contributed by atoms with van der Waals surface area (Å²) in [6, 6.07) is 0. The molecule has 0 fully saturated rings. The summed E-state index contributed by atoms with van der Waals surface area (Å²) in [4.78, 5) is 0.